The van der Waals surface area contributed by atoms with Crippen LogP contribution in [-0.2, 0) is 6.54 Å². The van der Waals surface area contributed by atoms with Gasteiger partial charge in [-0.05, 0) is 49.8 Å². The Morgan fingerprint density at radius 2 is 2.33 bits per heavy atom. The lowest BCUT2D eigenvalue weighted by Gasteiger charge is -2.11. The highest BCUT2D eigenvalue weighted by Gasteiger charge is 2.27. The van der Waals surface area contributed by atoms with Crippen molar-refractivity contribution >= 4 is 0 Å². The van der Waals surface area contributed by atoms with Crippen molar-refractivity contribution in [1.29, 1.82) is 0 Å². The summed E-state index contributed by atoms with van der Waals surface area (Å²) in [6.45, 7) is 6.49. The van der Waals surface area contributed by atoms with Gasteiger partial charge in [0.05, 0.1) is 5.69 Å². The number of hydrogen-bond donors (Lipinski definition) is 1. The molecule has 1 atom stereocenters. The minimum atomic E-state index is 0.828. The lowest BCUT2D eigenvalue weighted by Crippen LogP contribution is -2.22. The molecule has 0 amide bonds. The van der Waals surface area contributed by atoms with E-state index in [1.54, 1.807) is 0 Å². The van der Waals surface area contributed by atoms with Crippen LogP contribution >= 0.6 is 0 Å². The zero-order chi connectivity index (χ0) is 10.7. The molecule has 0 aromatic carbocycles. The summed E-state index contributed by atoms with van der Waals surface area (Å²) >= 11 is 0. The van der Waals surface area contributed by atoms with Crippen molar-refractivity contribution in [3.05, 3.63) is 29.6 Å². The molecule has 2 heteroatoms. The van der Waals surface area contributed by atoms with Crippen molar-refractivity contribution in [1.82, 2.24) is 10.3 Å². The third kappa shape index (κ3) is 3.03. The molecule has 0 bridgehead atoms. The van der Waals surface area contributed by atoms with Gasteiger partial charge in [-0.15, -0.1) is 0 Å². The predicted molar refractivity (Wildman–Crippen MR) is 62.6 cm³/mol. The Morgan fingerprint density at radius 1 is 1.53 bits per heavy atom. The smallest absolute Gasteiger partial charge is 0.0570 e. The summed E-state index contributed by atoms with van der Waals surface area (Å²) in [5.74, 6) is 1.82. The number of nitrogens with zero attached hydrogens (tertiary/aromatic N) is 1. The van der Waals surface area contributed by atoms with E-state index >= 15 is 0 Å². The highest BCUT2D eigenvalue weighted by molar-refractivity contribution is 5.17. The average molecular weight is 204 g/mol. The molecule has 2 nitrogen and oxygen atoms in total. The number of pyridine rings is 1. The first-order valence-electron chi connectivity index (χ1n) is 5.88. The monoisotopic (exact) mass is 204 g/mol. The summed E-state index contributed by atoms with van der Waals surface area (Å²) in [5, 5.41) is 3.50. The van der Waals surface area contributed by atoms with Crippen LogP contribution in [0.5, 0.6) is 0 Å². The zero-order valence-electron chi connectivity index (χ0n) is 9.66. The van der Waals surface area contributed by atoms with Crippen molar-refractivity contribution < 1.29 is 0 Å². The van der Waals surface area contributed by atoms with E-state index in [2.05, 4.69) is 30.2 Å². The predicted octanol–water partition coefficient (Wildman–Crippen LogP) is 2.53. The maximum absolute atomic E-state index is 4.37. The van der Waals surface area contributed by atoms with Gasteiger partial charge >= 0.3 is 0 Å². The maximum atomic E-state index is 4.37. The summed E-state index contributed by atoms with van der Waals surface area (Å²) in [7, 11) is 0. The van der Waals surface area contributed by atoms with Crippen LogP contribution < -0.4 is 5.32 Å². The van der Waals surface area contributed by atoms with E-state index < -0.39 is 0 Å². The van der Waals surface area contributed by atoms with Gasteiger partial charge in [-0.3, -0.25) is 4.98 Å². The van der Waals surface area contributed by atoms with Gasteiger partial charge in [-0.1, -0.05) is 13.0 Å². The molecule has 15 heavy (non-hydrogen) atoms. The third-order valence-corrected chi connectivity index (χ3v) is 3.30. The molecule has 1 N–H and O–H groups in total. The number of rotatable bonds is 5. The van der Waals surface area contributed by atoms with Crippen LogP contribution in [0.4, 0.5) is 0 Å². The Labute approximate surface area is 92.1 Å². The van der Waals surface area contributed by atoms with E-state index in [-0.39, 0.29) is 0 Å². The van der Waals surface area contributed by atoms with Gasteiger partial charge in [0.2, 0.25) is 0 Å². The van der Waals surface area contributed by atoms with Crippen molar-refractivity contribution in [2.75, 3.05) is 6.54 Å². The first-order chi connectivity index (χ1) is 7.27. The molecule has 1 saturated carbocycles. The van der Waals surface area contributed by atoms with E-state index in [4.69, 9.17) is 0 Å². The fourth-order valence-corrected chi connectivity index (χ4v) is 1.95. The van der Waals surface area contributed by atoms with Crippen molar-refractivity contribution in [3.8, 4) is 0 Å². The molecule has 1 aromatic rings. The normalized spacial score (nSPS) is 17.7. The standard InChI is InChI=1S/C13H20N2/c1-10-4-3-7-15-13(10)9-14-8-11(2)12-5-6-12/h3-4,7,11-12,14H,5-6,8-9H2,1-2H3. The Bertz CT molecular complexity index is 318. The summed E-state index contributed by atoms with van der Waals surface area (Å²) < 4.78 is 0. The third-order valence-electron chi connectivity index (χ3n) is 3.30. The van der Waals surface area contributed by atoms with Gasteiger partial charge in [0.25, 0.3) is 0 Å². The first-order valence-corrected chi connectivity index (χ1v) is 5.88. The second kappa shape index (κ2) is 4.75. The van der Waals surface area contributed by atoms with E-state index in [0.29, 0.717) is 0 Å². The van der Waals surface area contributed by atoms with Gasteiger partial charge in [0.15, 0.2) is 0 Å². The molecule has 0 aliphatic heterocycles. The lowest BCUT2D eigenvalue weighted by atomic mass is 10.1. The molecule has 0 saturated heterocycles. The number of aromatic nitrogens is 1. The van der Waals surface area contributed by atoms with Crippen LogP contribution in [-0.4, -0.2) is 11.5 Å². The van der Waals surface area contributed by atoms with Crippen LogP contribution in [0.2, 0.25) is 0 Å². The van der Waals surface area contributed by atoms with Gasteiger partial charge in [-0.25, -0.2) is 0 Å². The van der Waals surface area contributed by atoms with Gasteiger partial charge in [0, 0.05) is 12.7 Å². The maximum Gasteiger partial charge on any atom is 0.0570 e. The average Bonchev–Trinajstić information content (AvgIpc) is 3.04. The van der Waals surface area contributed by atoms with Crippen LogP contribution in [0.25, 0.3) is 0 Å². The number of hydrogen-bond acceptors (Lipinski definition) is 2. The molecule has 82 valence electrons. The number of aryl methyl sites for hydroxylation is 1. The fraction of sp³-hybridized carbons (Fsp3) is 0.615. The Hall–Kier alpha value is -0.890. The molecule has 1 aliphatic rings. The molecule has 2 rings (SSSR count). The fourth-order valence-electron chi connectivity index (χ4n) is 1.95. The van der Waals surface area contributed by atoms with Crippen LogP contribution in [0.1, 0.15) is 31.0 Å². The van der Waals surface area contributed by atoms with E-state index in [1.165, 1.54) is 24.1 Å². The van der Waals surface area contributed by atoms with Gasteiger partial charge in [-0.2, -0.15) is 0 Å². The summed E-state index contributed by atoms with van der Waals surface area (Å²) in [5.41, 5.74) is 2.46. The van der Waals surface area contributed by atoms with Crippen LogP contribution in [0.15, 0.2) is 18.3 Å². The second-order valence-corrected chi connectivity index (χ2v) is 4.71. The van der Waals surface area contributed by atoms with E-state index in [1.807, 2.05) is 12.3 Å². The Balaban J connectivity index is 1.75. The summed E-state index contributed by atoms with van der Waals surface area (Å²) in [6.07, 6.45) is 4.74. The molecule has 1 aliphatic carbocycles. The molecule has 1 aromatic heterocycles. The highest BCUT2D eigenvalue weighted by Crippen LogP contribution is 2.36. The molecular formula is C13H20N2. The van der Waals surface area contributed by atoms with Crippen molar-refractivity contribution in [2.45, 2.75) is 33.2 Å². The van der Waals surface area contributed by atoms with E-state index in [9.17, 15) is 0 Å². The molecule has 1 heterocycles. The number of nitrogens with one attached hydrogen (secondary N) is 1. The second-order valence-electron chi connectivity index (χ2n) is 4.71. The topological polar surface area (TPSA) is 24.9 Å². The van der Waals surface area contributed by atoms with Gasteiger partial charge in [0.1, 0.15) is 0 Å². The minimum absolute atomic E-state index is 0.828. The quantitative estimate of drug-likeness (QED) is 0.797. The Kier molecular flexibility index (Phi) is 3.37. The first kappa shape index (κ1) is 10.6. The molecular weight excluding hydrogens is 184 g/mol. The Morgan fingerprint density at radius 3 is 3.00 bits per heavy atom. The van der Waals surface area contributed by atoms with Crippen molar-refractivity contribution in [2.24, 2.45) is 11.8 Å². The lowest BCUT2D eigenvalue weighted by molar-refractivity contribution is 0.459. The largest absolute Gasteiger partial charge is 0.311 e. The molecule has 0 radical (unpaired) electrons. The van der Waals surface area contributed by atoms with Crippen molar-refractivity contribution in [3.63, 3.8) is 0 Å². The molecule has 0 spiro atoms. The molecule has 1 fully saturated rings. The van der Waals surface area contributed by atoms with Crippen LogP contribution in [0, 0.1) is 18.8 Å². The summed E-state index contributed by atoms with van der Waals surface area (Å²) in [4.78, 5) is 4.37. The zero-order valence-corrected chi connectivity index (χ0v) is 9.66. The van der Waals surface area contributed by atoms with Gasteiger partial charge < -0.3 is 5.32 Å². The SMILES string of the molecule is Cc1cccnc1CNCC(C)C1CC1. The summed E-state index contributed by atoms with van der Waals surface area (Å²) in [6, 6.07) is 4.11. The minimum Gasteiger partial charge on any atom is -0.311 e. The van der Waals surface area contributed by atoms with Crippen LogP contribution in [0.3, 0.4) is 0 Å². The van der Waals surface area contributed by atoms with E-state index in [0.717, 1.165) is 24.9 Å². The molecule has 1 unspecified atom stereocenters. The highest BCUT2D eigenvalue weighted by atomic mass is 14.9.